The largest absolute Gasteiger partial charge is 0.356 e. The van der Waals surface area contributed by atoms with E-state index in [0.717, 1.165) is 66.3 Å². The van der Waals surface area contributed by atoms with Crippen LogP contribution in [0, 0.1) is 26.7 Å². The van der Waals surface area contributed by atoms with E-state index in [0.29, 0.717) is 11.8 Å². The van der Waals surface area contributed by atoms with Crippen molar-refractivity contribution in [3.8, 4) is 11.3 Å². The molecule has 0 saturated heterocycles. The molecule has 32 heavy (non-hydrogen) atoms. The Hall–Kier alpha value is -3.02. The van der Waals surface area contributed by atoms with Crippen LogP contribution < -0.4 is 5.32 Å². The van der Waals surface area contributed by atoms with Gasteiger partial charge in [-0.3, -0.25) is 4.79 Å². The lowest BCUT2D eigenvalue weighted by molar-refractivity contribution is -0.122. The van der Waals surface area contributed by atoms with Crippen LogP contribution in [-0.4, -0.2) is 27.6 Å². The lowest BCUT2D eigenvalue weighted by Crippen LogP contribution is -2.33. The fourth-order valence-corrected chi connectivity index (χ4v) is 4.52. The number of benzene rings is 1. The van der Waals surface area contributed by atoms with E-state index in [-0.39, 0.29) is 11.8 Å². The molecule has 6 heteroatoms. The molecule has 0 bridgehead atoms. The summed E-state index contributed by atoms with van der Waals surface area (Å²) in [5, 5.41) is 7.21. The Morgan fingerprint density at radius 3 is 2.50 bits per heavy atom. The summed E-state index contributed by atoms with van der Waals surface area (Å²) in [6, 6.07) is 10.1. The van der Waals surface area contributed by atoms with E-state index in [9.17, 15) is 4.79 Å². The number of rotatable bonds is 6. The van der Waals surface area contributed by atoms with Crippen LogP contribution in [0.2, 0.25) is 0 Å². The Bertz CT molecular complexity index is 1070. The lowest BCUT2D eigenvalue weighted by Gasteiger charge is -2.29. The van der Waals surface area contributed by atoms with Gasteiger partial charge in [-0.2, -0.15) is 0 Å². The second kappa shape index (κ2) is 9.63. The molecule has 6 nitrogen and oxygen atoms in total. The monoisotopic (exact) mass is 432 g/mol. The molecule has 1 aliphatic carbocycles. The number of hydrogen-bond acceptors (Lipinski definition) is 5. The number of nitrogens with one attached hydrogen (secondary N) is 1. The molecule has 2 aromatic heterocycles. The Labute approximate surface area is 189 Å². The topological polar surface area (TPSA) is 80.9 Å². The lowest BCUT2D eigenvalue weighted by atomic mass is 9.79. The predicted molar refractivity (Wildman–Crippen MR) is 124 cm³/mol. The molecule has 4 rings (SSSR count). The fourth-order valence-electron chi connectivity index (χ4n) is 4.52. The minimum absolute atomic E-state index is 0.102. The van der Waals surface area contributed by atoms with Crippen molar-refractivity contribution >= 4 is 5.91 Å². The third-order valence-electron chi connectivity index (χ3n) is 6.60. The van der Waals surface area contributed by atoms with Gasteiger partial charge in [0.05, 0.1) is 22.9 Å². The maximum Gasteiger partial charge on any atom is 0.227 e. The normalized spacial score (nSPS) is 19.5. The van der Waals surface area contributed by atoms with E-state index in [4.69, 9.17) is 9.51 Å². The zero-order valence-electron chi connectivity index (χ0n) is 19.4. The smallest absolute Gasteiger partial charge is 0.227 e. The summed E-state index contributed by atoms with van der Waals surface area (Å²) in [6.45, 7) is 8.61. The molecular formula is C26H32N4O2. The minimum atomic E-state index is -0.135. The molecule has 0 aliphatic heterocycles. The standard InChI is InChI=1S/C26H32N4O2/c1-16-5-9-21(10-6-16)18(3)26(31)28-14-20-7-11-22(12-8-20)25-23(15-27-19(4)29-25)24-13-17(2)30-32-24/h5-6,9-10,13,15,18,20,22H,7-8,11-12,14H2,1-4H3,(H,28,31)/t18-,20?,22?/m0/s1. The highest BCUT2D eigenvalue weighted by Gasteiger charge is 2.27. The molecule has 1 aromatic carbocycles. The van der Waals surface area contributed by atoms with Crippen molar-refractivity contribution in [3.63, 3.8) is 0 Å². The van der Waals surface area contributed by atoms with Crippen molar-refractivity contribution in [1.82, 2.24) is 20.4 Å². The second-order valence-corrected chi connectivity index (χ2v) is 9.14. The van der Waals surface area contributed by atoms with Crippen LogP contribution in [0.1, 0.15) is 72.8 Å². The molecule has 0 spiro atoms. The van der Waals surface area contributed by atoms with Gasteiger partial charge in [0.15, 0.2) is 5.76 Å². The second-order valence-electron chi connectivity index (χ2n) is 9.14. The van der Waals surface area contributed by atoms with Gasteiger partial charge in [-0.25, -0.2) is 9.97 Å². The van der Waals surface area contributed by atoms with Gasteiger partial charge in [-0.15, -0.1) is 0 Å². The summed E-state index contributed by atoms with van der Waals surface area (Å²) in [4.78, 5) is 21.8. The Balaban J connectivity index is 1.34. The van der Waals surface area contributed by atoms with Crippen molar-refractivity contribution < 1.29 is 9.32 Å². The predicted octanol–water partition coefficient (Wildman–Crippen LogP) is 5.25. The molecule has 168 valence electrons. The van der Waals surface area contributed by atoms with E-state index < -0.39 is 0 Å². The molecule has 1 atom stereocenters. The minimum Gasteiger partial charge on any atom is -0.356 e. The number of nitrogens with zero attached hydrogens (tertiary/aromatic N) is 3. The molecule has 0 radical (unpaired) electrons. The summed E-state index contributed by atoms with van der Waals surface area (Å²) < 4.78 is 5.50. The zero-order chi connectivity index (χ0) is 22.7. The van der Waals surface area contributed by atoms with Gasteiger partial charge >= 0.3 is 0 Å². The first-order valence-corrected chi connectivity index (χ1v) is 11.5. The van der Waals surface area contributed by atoms with Gasteiger partial charge in [0, 0.05) is 24.7 Å². The van der Waals surface area contributed by atoms with Crippen molar-refractivity contribution in [1.29, 1.82) is 0 Å². The summed E-state index contributed by atoms with van der Waals surface area (Å²) >= 11 is 0. The van der Waals surface area contributed by atoms with Gasteiger partial charge in [0.1, 0.15) is 5.82 Å². The molecule has 1 saturated carbocycles. The fraction of sp³-hybridized carbons (Fsp3) is 0.462. The van der Waals surface area contributed by atoms with Crippen LogP contribution in [0.3, 0.4) is 0 Å². The summed E-state index contributed by atoms with van der Waals surface area (Å²) in [6.07, 6.45) is 6.09. The van der Waals surface area contributed by atoms with Crippen LogP contribution in [0.4, 0.5) is 0 Å². The first kappa shape index (κ1) is 22.2. The highest BCUT2D eigenvalue weighted by atomic mass is 16.5. The van der Waals surface area contributed by atoms with E-state index in [1.54, 1.807) is 0 Å². The van der Waals surface area contributed by atoms with Crippen LogP contribution in [-0.2, 0) is 4.79 Å². The quantitative estimate of drug-likeness (QED) is 0.575. The van der Waals surface area contributed by atoms with Crippen molar-refractivity contribution in [2.45, 2.75) is 65.2 Å². The zero-order valence-corrected chi connectivity index (χ0v) is 19.4. The average molecular weight is 433 g/mol. The summed E-state index contributed by atoms with van der Waals surface area (Å²) in [5.41, 5.74) is 5.12. The highest BCUT2D eigenvalue weighted by molar-refractivity contribution is 5.83. The Morgan fingerprint density at radius 2 is 1.84 bits per heavy atom. The van der Waals surface area contributed by atoms with Crippen LogP contribution in [0.25, 0.3) is 11.3 Å². The first-order valence-electron chi connectivity index (χ1n) is 11.5. The number of amides is 1. The van der Waals surface area contributed by atoms with Gasteiger partial charge in [0.25, 0.3) is 0 Å². The third-order valence-corrected chi connectivity index (χ3v) is 6.60. The van der Waals surface area contributed by atoms with Crippen molar-refractivity contribution in [2.75, 3.05) is 6.54 Å². The van der Waals surface area contributed by atoms with Gasteiger partial charge in [-0.05, 0) is 64.9 Å². The van der Waals surface area contributed by atoms with Crippen molar-refractivity contribution in [3.05, 3.63) is 64.9 Å². The Kier molecular flexibility index (Phi) is 6.68. The third kappa shape index (κ3) is 5.06. The van der Waals surface area contributed by atoms with E-state index in [1.165, 1.54) is 5.56 Å². The first-order chi connectivity index (χ1) is 15.4. The summed E-state index contributed by atoms with van der Waals surface area (Å²) in [7, 11) is 0. The molecule has 1 aliphatic rings. The molecule has 2 heterocycles. The number of aryl methyl sites for hydroxylation is 3. The highest BCUT2D eigenvalue weighted by Crippen LogP contribution is 2.39. The molecule has 3 aromatic rings. The average Bonchev–Trinajstić information content (AvgIpc) is 3.24. The molecule has 1 fully saturated rings. The van der Waals surface area contributed by atoms with Crippen LogP contribution >= 0.6 is 0 Å². The number of carbonyl (C=O) groups is 1. The maximum absolute atomic E-state index is 12.7. The van der Waals surface area contributed by atoms with Gasteiger partial charge < -0.3 is 9.84 Å². The van der Waals surface area contributed by atoms with Crippen LogP contribution in [0.15, 0.2) is 41.1 Å². The van der Waals surface area contributed by atoms with E-state index >= 15 is 0 Å². The van der Waals surface area contributed by atoms with Gasteiger partial charge in [-0.1, -0.05) is 35.0 Å². The summed E-state index contributed by atoms with van der Waals surface area (Å²) in [5.74, 6) is 2.35. The maximum atomic E-state index is 12.7. The molecule has 0 unspecified atom stereocenters. The van der Waals surface area contributed by atoms with Crippen molar-refractivity contribution in [2.24, 2.45) is 5.92 Å². The van der Waals surface area contributed by atoms with E-state index in [1.807, 2.05) is 45.2 Å². The number of hydrogen-bond donors (Lipinski definition) is 1. The molecule has 1 amide bonds. The van der Waals surface area contributed by atoms with E-state index in [2.05, 4.69) is 34.5 Å². The SMILES string of the molecule is Cc1ccc([C@H](C)C(=O)NCC2CCC(c3nc(C)ncc3-c3cc(C)no3)CC2)cc1. The number of carbonyl (C=O) groups excluding carboxylic acids is 1. The molecule has 1 N–H and O–H groups in total. The van der Waals surface area contributed by atoms with Gasteiger partial charge in [0.2, 0.25) is 5.91 Å². The molecular weight excluding hydrogens is 400 g/mol. The number of aromatic nitrogens is 3. The van der Waals surface area contributed by atoms with Crippen LogP contribution in [0.5, 0.6) is 0 Å². The Morgan fingerprint density at radius 1 is 1.12 bits per heavy atom.